The predicted molar refractivity (Wildman–Crippen MR) is 72.5 cm³/mol. The van der Waals surface area contributed by atoms with Gasteiger partial charge in [-0.1, -0.05) is 29.8 Å². The molecule has 1 aromatic heterocycles. The molecule has 0 radical (unpaired) electrons. The molecule has 3 heteroatoms. The molecule has 0 saturated carbocycles. The van der Waals surface area contributed by atoms with E-state index < -0.39 is 0 Å². The SMILES string of the molecule is COCCCc1nc(-c2ccc(C)cc2)cs1. The standard InChI is InChI=1S/C14H17NOS/c1-11-5-7-12(8-6-11)13-10-17-14(15-13)4-3-9-16-2/h5-8,10H,3-4,9H2,1-2H3. The number of ether oxygens (including phenoxy) is 1. The molecule has 0 aliphatic rings. The Hall–Kier alpha value is -1.19. The Morgan fingerprint density at radius 3 is 2.71 bits per heavy atom. The lowest BCUT2D eigenvalue weighted by Crippen LogP contribution is -1.92. The molecule has 2 aromatic rings. The van der Waals surface area contributed by atoms with E-state index in [9.17, 15) is 0 Å². The second-order valence-electron chi connectivity index (χ2n) is 4.09. The van der Waals surface area contributed by atoms with Crippen molar-refractivity contribution in [1.82, 2.24) is 4.98 Å². The van der Waals surface area contributed by atoms with Crippen LogP contribution in [0.3, 0.4) is 0 Å². The summed E-state index contributed by atoms with van der Waals surface area (Å²) in [4.78, 5) is 4.64. The van der Waals surface area contributed by atoms with E-state index in [4.69, 9.17) is 4.74 Å². The second kappa shape index (κ2) is 5.94. The van der Waals surface area contributed by atoms with Gasteiger partial charge < -0.3 is 4.74 Å². The molecule has 0 aliphatic carbocycles. The van der Waals surface area contributed by atoms with Crippen molar-refractivity contribution in [3.63, 3.8) is 0 Å². The first-order valence-electron chi connectivity index (χ1n) is 5.80. The zero-order valence-electron chi connectivity index (χ0n) is 10.3. The van der Waals surface area contributed by atoms with Crippen LogP contribution in [0.4, 0.5) is 0 Å². The summed E-state index contributed by atoms with van der Waals surface area (Å²) < 4.78 is 5.05. The third-order valence-electron chi connectivity index (χ3n) is 2.64. The molecule has 0 atom stereocenters. The molecule has 0 aliphatic heterocycles. The Morgan fingerprint density at radius 1 is 1.24 bits per heavy atom. The molecular weight excluding hydrogens is 230 g/mol. The summed E-state index contributed by atoms with van der Waals surface area (Å²) in [5, 5.41) is 3.32. The zero-order valence-corrected chi connectivity index (χ0v) is 11.1. The number of rotatable bonds is 5. The van der Waals surface area contributed by atoms with Gasteiger partial charge in [-0.2, -0.15) is 0 Å². The summed E-state index contributed by atoms with van der Waals surface area (Å²) in [5.74, 6) is 0. The Kier molecular flexibility index (Phi) is 4.29. The minimum Gasteiger partial charge on any atom is -0.385 e. The average molecular weight is 247 g/mol. The molecule has 90 valence electrons. The highest BCUT2D eigenvalue weighted by atomic mass is 32.1. The predicted octanol–water partition coefficient (Wildman–Crippen LogP) is 3.70. The number of thiazole rings is 1. The average Bonchev–Trinajstić information content (AvgIpc) is 2.79. The molecule has 0 N–H and O–H groups in total. The van der Waals surface area contributed by atoms with Gasteiger partial charge in [0.2, 0.25) is 0 Å². The van der Waals surface area contributed by atoms with Crippen molar-refractivity contribution < 1.29 is 4.74 Å². The van der Waals surface area contributed by atoms with Gasteiger partial charge in [0.1, 0.15) is 0 Å². The maximum absolute atomic E-state index is 5.05. The number of hydrogen-bond acceptors (Lipinski definition) is 3. The van der Waals surface area contributed by atoms with Crippen LogP contribution in [0.15, 0.2) is 29.6 Å². The summed E-state index contributed by atoms with van der Waals surface area (Å²) >= 11 is 1.73. The van der Waals surface area contributed by atoms with E-state index in [2.05, 4.69) is 41.6 Å². The van der Waals surface area contributed by atoms with Gasteiger partial charge in [-0.3, -0.25) is 0 Å². The second-order valence-corrected chi connectivity index (χ2v) is 5.03. The van der Waals surface area contributed by atoms with Crippen LogP contribution < -0.4 is 0 Å². The van der Waals surface area contributed by atoms with E-state index in [-0.39, 0.29) is 0 Å². The molecule has 17 heavy (non-hydrogen) atoms. The Morgan fingerprint density at radius 2 is 2.00 bits per heavy atom. The Balaban J connectivity index is 2.04. The molecule has 2 nitrogen and oxygen atoms in total. The van der Waals surface area contributed by atoms with Gasteiger partial charge in [-0.05, 0) is 13.3 Å². The third-order valence-corrected chi connectivity index (χ3v) is 3.55. The molecule has 2 rings (SSSR count). The zero-order chi connectivity index (χ0) is 12.1. The van der Waals surface area contributed by atoms with Crippen molar-refractivity contribution in [2.75, 3.05) is 13.7 Å². The highest BCUT2D eigenvalue weighted by Crippen LogP contribution is 2.22. The summed E-state index contributed by atoms with van der Waals surface area (Å²) in [6, 6.07) is 8.51. The highest BCUT2D eigenvalue weighted by Gasteiger charge is 2.04. The van der Waals surface area contributed by atoms with Crippen LogP contribution in [0.5, 0.6) is 0 Å². The Labute approximate surface area is 106 Å². The summed E-state index contributed by atoms with van der Waals surface area (Å²) in [5.41, 5.74) is 3.57. The number of aryl methyl sites for hydroxylation is 2. The largest absolute Gasteiger partial charge is 0.385 e. The van der Waals surface area contributed by atoms with Crippen molar-refractivity contribution in [2.45, 2.75) is 19.8 Å². The number of hydrogen-bond donors (Lipinski definition) is 0. The van der Waals surface area contributed by atoms with Crippen LogP contribution in [0.1, 0.15) is 17.0 Å². The lowest BCUT2D eigenvalue weighted by molar-refractivity contribution is 0.195. The van der Waals surface area contributed by atoms with E-state index in [0.29, 0.717) is 0 Å². The van der Waals surface area contributed by atoms with Crippen LogP contribution in [0, 0.1) is 6.92 Å². The van der Waals surface area contributed by atoms with Crippen LogP contribution in [-0.4, -0.2) is 18.7 Å². The first-order valence-corrected chi connectivity index (χ1v) is 6.68. The van der Waals surface area contributed by atoms with Crippen molar-refractivity contribution in [2.24, 2.45) is 0 Å². The van der Waals surface area contributed by atoms with Crippen molar-refractivity contribution >= 4 is 11.3 Å². The van der Waals surface area contributed by atoms with Gasteiger partial charge >= 0.3 is 0 Å². The first kappa shape index (κ1) is 12.3. The van der Waals surface area contributed by atoms with Crippen LogP contribution >= 0.6 is 11.3 Å². The van der Waals surface area contributed by atoms with Gasteiger partial charge in [-0.25, -0.2) is 4.98 Å². The van der Waals surface area contributed by atoms with Crippen LogP contribution in [0.25, 0.3) is 11.3 Å². The lowest BCUT2D eigenvalue weighted by atomic mass is 10.1. The van der Waals surface area contributed by atoms with Gasteiger partial charge in [0, 0.05) is 31.1 Å². The minimum atomic E-state index is 0.805. The van der Waals surface area contributed by atoms with E-state index >= 15 is 0 Å². The number of aromatic nitrogens is 1. The monoisotopic (exact) mass is 247 g/mol. The number of methoxy groups -OCH3 is 1. The molecule has 1 aromatic carbocycles. The summed E-state index contributed by atoms with van der Waals surface area (Å²) in [6.45, 7) is 2.90. The van der Waals surface area contributed by atoms with Crippen molar-refractivity contribution in [3.05, 3.63) is 40.2 Å². The van der Waals surface area contributed by atoms with Gasteiger partial charge in [0.25, 0.3) is 0 Å². The number of nitrogens with zero attached hydrogens (tertiary/aromatic N) is 1. The lowest BCUT2D eigenvalue weighted by Gasteiger charge is -1.97. The van der Waals surface area contributed by atoms with E-state index in [1.165, 1.54) is 16.1 Å². The van der Waals surface area contributed by atoms with Crippen molar-refractivity contribution in [1.29, 1.82) is 0 Å². The molecule has 0 amide bonds. The maximum Gasteiger partial charge on any atom is 0.0933 e. The first-order chi connectivity index (χ1) is 8.29. The highest BCUT2D eigenvalue weighted by molar-refractivity contribution is 7.09. The van der Waals surface area contributed by atoms with Gasteiger partial charge in [0.05, 0.1) is 10.7 Å². The molecule has 0 fully saturated rings. The molecule has 1 heterocycles. The molecule has 0 spiro atoms. The van der Waals surface area contributed by atoms with Gasteiger partial charge in [0.15, 0.2) is 0 Å². The molecule has 0 unspecified atom stereocenters. The maximum atomic E-state index is 5.05. The summed E-state index contributed by atoms with van der Waals surface area (Å²) in [7, 11) is 1.74. The smallest absolute Gasteiger partial charge is 0.0933 e. The quantitative estimate of drug-likeness (QED) is 0.752. The van der Waals surface area contributed by atoms with E-state index in [0.717, 1.165) is 25.1 Å². The van der Waals surface area contributed by atoms with Gasteiger partial charge in [-0.15, -0.1) is 11.3 Å². The fourth-order valence-electron chi connectivity index (χ4n) is 1.65. The molecule has 0 bridgehead atoms. The summed E-state index contributed by atoms with van der Waals surface area (Å²) in [6.07, 6.45) is 2.04. The Bertz CT molecular complexity index is 461. The molecular formula is C14H17NOS. The van der Waals surface area contributed by atoms with Crippen LogP contribution in [0.2, 0.25) is 0 Å². The van der Waals surface area contributed by atoms with E-state index in [1.54, 1.807) is 18.4 Å². The normalized spacial score (nSPS) is 10.7. The van der Waals surface area contributed by atoms with Crippen molar-refractivity contribution in [3.8, 4) is 11.3 Å². The van der Waals surface area contributed by atoms with E-state index in [1.807, 2.05) is 0 Å². The third kappa shape index (κ3) is 3.38. The molecule has 0 saturated heterocycles. The fraction of sp³-hybridized carbons (Fsp3) is 0.357. The fourth-order valence-corrected chi connectivity index (χ4v) is 2.50. The number of benzene rings is 1. The topological polar surface area (TPSA) is 22.1 Å². The van der Waals surface area contributed by atoms with Crippen LogP contribution in [-0.2, 0) is 11.2 Å². The minimum absolute atomic E-state index is 0.805.